The smallest absolute Gasteiger partial charge is 0.322 e. The first-order valence-corrected chi connectivity index (χ1v) is 7.87. The molecule has 1 saturated heterocycles. The van der Waals surface area contributed by atoms with E-state index in [1.165, 1.54) is 18.3 Å². The van der Waals surface area contributed by atoms with Gasteiger partial charge in [0.15, 0.2) is 0 Å². The number of hydrogen-bond acceptors (Lipinski definition) is 3. The molecule has 21 heavy (non-hydrogen) atoms. The minimum absolute atomic E-state index is 0.0338. The number of H-pyrrole nitrogens is 1. The molecule has 1 aliphatic heterocycles. The summed E-state index contributed by atoms with van der Waals surface area (Å²) in [5, 5.41) is 9.09. The van der Waals surface area contributed by atoms with Gasteiger partial charge in [-0.05, 0) is 25.0 Å². The number of carbonyl (C=O) groups is 1. The molecule has 2 aromatic rings. The molecule has 0 radical (unpaired) electrons. The number of halogens is 1. The van der Waals surface area contributed by atoms with Gasteiger partial charge in [0.25, 0.3) is 0 Å². The van der Waals surface area contributed by atoms with Crippen LogP contribution in [0, 0.1) is 5.82 Å². The number of benzene rings is 1. The number of aromatic nitrogens is 1. The number of aromatic amines is 1. The lowest BCUT2D eigenvalue weighted by Crippen LogP contribution is -2.40. The first-order valence-electron chi connectivity index (χ1n) is 6.43. The van der Waals surface area contributed by atoms with Gasteiger partial charge in [0.1, 0.15) is 16.8 Å². The normalized spacial score (nSPS) is 20.1. The van der Waals surface area contributed by atoms with Gasteiger partial charge in [-0.15, -0.1) is 0 Å². The Kier molecular flexibility index (Phi) is 3.22. The largest absolute Gasteiger partial charge is 0.480 e. The van der Waals surface area contributed by atoms with E-state index in [1.807, 2.05) is 0 Å². The Morgan fingerprint density at radius 2 is 2.19 bits per heavy atom. The predicted octanol–water partition coefficient (Wildman–Crippen LogP) is 1.54. The molecule has 8 heteroatoms. The van der Waals surface area contributed by atoms with Gasteiger partial charge in [-0.3, -0.25) is 4.79 Å². The summed E-state index contributed by atoms with van der Waals surface area (Å²) in [5.74, 6) is -1.84. The Morgan fingerprint density at radius 3 is 2.90 bits per heavy atom. The van der Waals surface area contributed by atoms with Crippen LogP contribution in [0.15, 0.2) is 29.3 Å². The van der Waals surface area contributed by atoms with Crippen molar-refractivity contribution in [2.75, 3.05) is 6.54 Å². The van der Waals surface area contributed by atoms with Crippen molar-refractivity contribution in [1.29, 1.82) is 0 Å². The molecule has 1 atom stereocenters. The van der Waals surface area contributed by atoms with Crippen LogP contribution in [0.25, 0.3) is 10.9 Å². The first-order chi connectivity index (χ1) is 9.93. The molecule has 2 heterocycles. The summed E-state index contributed by atoms with van der Waals surface area (Å²) in [7, 11) is -4.06. The summed E-state index contributed by atoms with van der Waals surface area (Å²) in [5.41, 5.74) is 0.361. The average molecular weight is 312 g/mol. The second-order valence-corrected chi connectivity index (χ2v) is 6.79. The van der Waals surface area contributed by atoms with Gasteiger partial charge in [0.05, 0.1) is 5.39 Å². The number of nitrogens with one attached hydrogen (secondary N) is 1. The van der Waals surface area contributed by atoms with Gasteiger partial charge in [-0.25, -0.2) is 12.8 Å². The number of carboxylic acid groups (broad SMARTS) is 1. The lowest BCUT2D eigenvalue weighted by molar-refractivity contribution is -0.140. The topological polar surface area (TPSA) is 90.5 Å². The molecular formula is C13H13FN2O4S. The van der Waals surface area contributed by atoms with Crippen LogP contribution in [-0.4, -0.2) is 41.4 Å². The van der Waals surface area contributed by atoms with E-state index in [1.54, 1.807) is 6.07 Å². The minimum atomic E-state index is -4.06. The number of fused-ring (bicyclic) bond motifs is 1. The van der Waals surface area contributed by atoms with E-state index in [0.717, 1.165) is 4.31 Å². The van der Waals surface area contributed by atoms with Crippen LogP contribution < -0.4 is 0 Å². The molecule has 1 aromatic heterocycles. The van der Waals surface area contributed by atoms with Crippen LogP contribution in [0.3, 0.4) is 0 Å². The summed E-state index contributed by atoms with van der Waals surface area (Å²) in [6, 6.07) is 3.12. The van der Waals surface area contributed by atoms with Crippen LogP contribution in [0.1, 0.15) is 12.8 Å². The van der Waals surface area contributed by atoms with Gasteiger partial charge < -0.3 is 10.1 Å². The number of aliphatic carboxylic acids is 1. The molecule has 0 amide bonds. The highest BCUT2D eigenvalue weighted by atomic mass is 32.2. The van der Waals surface area contributed by atoms with E-state index >= 15 is 0 Å². The Bertz CT molecular complexity index is 815. The van der Waals surface area contributed by atoms with Gasteiger partial charge in [-0.1, -0.05) is 6.07 Å². The van der Waals surface area contributed by atoms with E-state index in [0.29, 0.717) is 11.9 Å². The zero-order valence-corrected chi connectivity index (χ0v) is 11.7. The van der Waals surface area contributed by atoms with Crippen LogP contribution in [0.5, 0.6) is 0 Å². The van der Waals surface area contributed by atoms with Crippen molar-refractivity contribution < 1.29 is 22.7 Å². The standard InChI is InChI=1S/C13H13FN2O4S/c14-8-3-1-4-9-12(8)11(7-15-9)21(19,20)16-6-2-5-10(16)13(17)18/h1,3-4,7,10,15H,2,5-6H2,(H,17,18)/t10-/m0/s1. The van der Waals surface area contributed by atoms with Gasteiger partial charge in [-0.2, -0.15) is 4.31 Å². The van der Waals surface area contributed by atoms with Crippen molar-refractivity contribution in [3.8, 4) is 0 Å². The van der Waals surface area contributed by atoms with Crippen molar-refractivity contribution in [2.24, 2.45) is 0 Å². The van der Waals surface area contributed by atoms with E-state index < -0.39 is 27.9 Å². The molecule has 3 rings (SSSR count). The van der Waals surface area contributed by atoms with Crippen LogP contribution in [-0.2, 0) is 14.8 Å². The fourth-order valence-electron chi connectivity index (χ4n) is 2.71. The Labute approximate surface area is 120 Å². The van der Waals surface area contributed by atoms with Gasteiger partial charge in [0, 0.05) is 18.3 Å². The van der Waals surface area contributed by atoms with Crippen LogP contribution in [0.2, 0.25) is 0 Å². The van der Waals surface area contributed by atoms with E-state index in [-0.39, 0.29) is 23.2 Å². The SMILES string of the molecule is O=C(O)[C@@H]1CCCN1S(=O)(=O)c1c[nH]c2cccc(F)c12. The number of sulfonamides is 1. The molecule has 2 N–H and O–H groups in total. The maximum atomic E-state index is 13.9. The maximum Gasteiger partial charge on any atom is 0.322 e. The Balaban J connectivity index is 2.15. The highest BCUT2D eigenvalue weighted by Crippen LogP contribution is 2.31. The monoisotopic (exact) mass is 312 g/mol. The zero-order chi connectivity index (χ0) is 15.2. The maximum absolute atomic E-state index is 13.9. The molecule has 112 valence electrons. The van der Waals surface area contributed by atoms with Crippen molar-refractivity contribution in [2.45, 2.75) is 23.8 Å². The first kappa shape index (κ1) is 14.0. The molecule has 1 aromatic carbocycles. The van der Waals surface area contributed by atoms with Crippen molar-refractivity contribution in [1.82, 2.24) is 9.29 Å². The van der Waals surface area contributed by atoms with Crippen LogP contribution >= 0.6 is 0 Å². The van der Waals surface area contributed by atoms with Crippen molar-refractivity contribution in [3.63, 3.8) is 0 Å². The predicted molar refractivity (Wildman–Crippen MR) is 72.8 cm³/mol. The van der Waals surface area contributed by atoms with Crippen molar-refractivity contribution in [3.05, 3.63) is 30.2 Å². The molecule has 1 aliphatic rings. The van der Waals surface area contributed by atoms with E-state index in [4.69, 9.17) is 5.11 Å². The second-order valence-electron chi connectivity index (χ2n) is 4.93. The number of nitrogens with zero attached hydrogens (tertiary/aromatic N) is 1. The summed E-state index contributed by atoms with van der Waals surface area (Å²) in [6.45, 7) is 0.125. The number of rotatable bonds is 3. The van der Waals surface area contributed by atoms with Gasteiger partial charge >= 0.3 is 5.97 Å². The minimum Gasteiger partial charge on any atom is -0.480 e. The third-order valence-electron chi connectivity index (χ3n) is 3.69. The lowest BCUT2D eigenvalue weighted by atomic mass is 10.2. The van der Waals surface area contributed by atoms with Gasteiger partial charge in [0.2, 0.25) is 10.0 Å². The van der Waals surface area contributed by atoms with E-state index in [2.05, 4.69) is 4.98 Å². The molecule has 6 nitrogen and oxygen atoms in total. The Morgan fingerprint density at radius 1 is 1.43 bits per heavy atom. The number of carboxylic acids is 1. The van der Waals surface area contributed by atoms with E-state index in [9.17, 15) is 17.6 Å². The Hall–Kier alpha value is -1.93. The van der Waals surface area contributed by atoms with Crippen LogP contribution in [0.4, 0.5) is 4.39 Å². The molecule has 0 bridgehead atoms. The molecule has 0 unspecified atom stereocenters. The average Bonchev–Trinajstić information content (AvgIpc) is 3.06. The highest BCUT2D eigenvalue weighted by Gasteiger charge is 2.40. The third kappa shape index (κ3) is 2.11. The molecular weight excluding hydrogens is 299 g/mol. The lowest BCUT2D eigenvalue weighted by Gasteiger charge is -2.20. The summed E-state index contributed by atoms with van der Waals surface area (Å²) in [6.07, 6.45) is 1.95. The second kappa shape index (κ2) is 4.81. The molecule has 0 aliphatic carbocycles. The summed E-state index contributed by atoms with van der Waals surface area (Å²) in [4.78, 5) is 13.7. The van der Waals surface area contributed by atoms with Crippen molar-refractivity contribution >= 4 is 26.9 Å². The summed E-state index contributed by atoms with van der Waals surface area (Å²) >= 11 is 0. The quantitative estimate of drug-likeness (QED) is 0.899. The zero-order valence-electron chi connectivity index (χ0n) is 10.9. The fraction of sp³-hybridized carbons (Fsp3) is 0.308. The molecule has 0 spiro atoms. The number of hydrogen-bond donors (Lipinski definition) is 2. The molecule has 0 saturated carbocycles. The fourth-order valence-corrected chi connectivity index (χ4v) is 4.54. The third-order valence-corrected chi connectivity index (χ3v) is 5.63. The highest BCUT2D eigenvalue weighted by molar-refractivity contribution is 7.89. The molecule has 1 fully saturated rings. The summed E-state index contributed by atoms with van der Waals surface area (Å²) < 4.78 is 40.2.